The van der Waals surface area contributed by atoms with Crippen LogP contribution in [0.25, 0.3) is 10.9 Å². The first-order chi connectivity index (χ1) is 14.0. The molecular weight excluding hydrogens is 395 g/mol. The Balaban J connectivity index is 1.46. The summed E-state index contributed by atoms with van der Waals surface area (Å²) < 4.78 is 14.0. The number of aromatic nitrogens is 1. The Morgan fingerprint density at radius 3 is 2.79 bits per heavy atom. The van der Waals surface area contributed by atoms with Crippen LogP contribution in [0.3, 0.4) is 0 Å². The number of carbonyl (C=O) groups excluding carboxylic acids is 2. The fourth-order valence-electron chi connectivity index (χ4n) is 4.02. The monoisotopic (exact) mass is 410 g/mol. The third kappa shape index (κ3) is 2.89. The van der Waals surface area contributed by atoms with Crippen molar-refractivity contribution in [3.05, 3.63) is 70.1 Å². The number of carbonyl (C=O) groups is 2. The van der Waals surface area contributed by atoms with Crippen molar-refractivity contribution >= 4 is 40.5 Å². The van der Waals surface area contributed by atoms with E-state index in [0.717, 1.165) is 27.2 Å². The van der Waals surface area contributed by atoms with Crippen LogP contribution in [-0.4, -0.2) is 45.5 Å². The number of fused-ring (bicyclic) bond motifs is 4. The predicted molar refractivity (Wildman–Crippen MR) is 107 cm³/mol. The van der Waals surface area contributed by atoms with Gasteiger partial charge in [0.2, 0.25) is 5.91 Å². The van der Waals surface area contributed by atoms with E-state index >= 15 is 0 Å². The maximum absolute atomic E-state index is 14.0. The molecule has 2 aliphatic heterocycles. The number of H-pyrrole nitrogens is 1. The maximum Gasteiger partial charge on any atom is 0.266 e. The average Bonchev–Trinajstić information content (AvgIpc) is 3.07. The van der Waals surface area contributed by atoms with E-state index in [0.29, 0.717) is 13.0 Å². The minimum atomic E-state index is -0.629. The van der Waals surface area contributed by atoms with E-state index < -0.39 is 11.9 Å². The fourth-order valence-corrected chi connectivity index (χ4v) is 4.23. The summed E-state index contributed by atoms with van der Waals surface area (Å²) in [4.78, 5) is 30.7. The molecule has 0 saturated carbocycles. The number of amides is 2. The van der Waals surface area contributed by atoms with Gasteiger partial charge in [0.15, 0.2) is 0 Å². The number of hydrogen-bond donors (Lipinski definition) is 1. The van der Waals surface area contributed by atoms with Crippen LogP contribution in [0.1, 0.15) is 16.8 Å². The minimum Gasteiger partial charge on any atom is -0.357 e. The number of halogens is 2. The lowest BCUT2D eigenvalue weighted by molar-refractivity contribution is -0.157. The molecule has 1 fully saturated rings. The van der Waals surface area contributed by atoms with Crippen LogP contribution in [0.15, 0.2) is 47.6 Å². The zero-order chi connectivity index (χ0) is 20.1. The summed E-state index contributed by atoms with van der Waals surface area (Å²) in [6.07, 6.45) is 1.61. The Bertz CT molecular complexity index is 1170. The van der Waals surface area contributed by atoms with Crippen LogP contribution < -0.4 is 0 Å². The summed E-state index contributed by atoms with van der Waals surface area (Å²) in [5.41, 5.74) is 3.07. The Labute approximate surface area is 170 Å². The highest BCUT2D eigenvalue weighted by Crippen LogP contribution is 2.32. The molecule has 0 unspecified atom stereocenters. The van der Waals surface area contributed by atoms with Gasteiger partial charge in [-0.05, 0) is 23.8 Å². The van der Waals surface area contributed by atoms with Crippen molar-refractivity contribution < 1.29 is 14.0 Å². The SMILES string of the molecule is O=C1[C@@H]2Cc3c([nH]c4ccccc34)CN2C(=O)CN1N=Cc1c(F)cccc1Cl. The number of hydrazone groups is 1. The van der Waals surface area contributed by atoms with Crippen LogP contribution >= 0.6 is 11.6 Å². The lowest BCUT2D eigenvalue weighted by atomic mass is 9.94. The molecule has 1 aromatic heterocycles. The molecule has 3 aromatic rings. The first kappa shape index (κ1) is 17.9. The molecule has 5 rings (SSSR count). The van der Waals surface area contributed by atoms with Crippen LogP contribution in [0.4, 0.5) is 4.39 Å². The lowest BCUT2D eigenvalue weighted by Gasteiger charge is -2.40. The predicted octanol–water partition coefficient (Wildman–Crippen LogP) is 3.09. The second-order valence-corrected chi connectivity index (χ2v) is 7.55. The van der Waals surface area contributed by atoms with Gasteiger partial charge >= 0.3 is 0 Å². The molecule has 2 aliphatic rings. The van der Waals surface area contributed by atoms with Gasteiger partial charge in [0.1, 0.15) is 18.4 Å². The van der Waals surface area contributed by atoms with Gasteiger partial charge in [-0.3, -0.25) is 9.59 Å². The van der Waals surface area contributed by atoms with Crippen molar-refractivity contribution in [3.8, 4) is 0 Å². The Kier molecular flexibility index (Phi) is 4.13. The molecule has 146 valence electrons. The molecule has 2 amide bonds. The molecule has 0 bridgehead atoms. The van der Waals surface area contributed by atoms with E-state index in [1.165, 1.54) is 24.4 Å². The fraction of sp³-hybridized carbons (Fsp3) is 0.190. The first-order valence-corrected chi connectivity index (χ1v) is 9.58. The van der Waals surface area contributed by atoms with Crippen LogP contribution in [0.2, 0.25) is 5.02 Å². The molecule has 1 atom stereocenters. The number of para-hydroxylation sites is 1. The molecule has 0 aliphatic carbocycles. The van der Waals surface area contributed by atoms with Crippen molar-refractivity contribution in [1.29, 1.82) is 0 Å². The third-order valence-corrected chi connectivity index (χ3v) is 5.80. The zero-order valence-electron chi connectivity index (χ0n) is 15.2. The molecule has 1 saturated heterocycles. The van der Waals surface area contributed by atoms with E-state index in [1.54, 1.807) is 4.90 Å². The van der Waals surface area contributed by atoms with E-state index in [9.17, 15) is 14.0 Å². The number of nitrogens with one attached hydrogen (secondary N) is 1. The normalized spacial score (nSPS) is 19.2. The lowest BCUT2D eigenvalue weighted by Crippen LogP contribution is -2.60. The number of aromatic amines is 1. The average molecular weight is 411 g/mol. The first-order valence-electron chi connectivity index (χ1n) is 9.20. The van der Waals surface area contributed by atoms with Gasteiger partial charge in [-0.25, -0.2) is 9.40 Å². The Morgan fingerprint density at radius 1 is 1.14 bits per heavy atom. The van der Waals surface area contributed by atoms with Crippen molar-refractivity contribution in [2.45, 2.75) is 19.0 Å². The smallest absolute Gasteiger partial charge is 0.266 e. The number of benzene rings is 2. The summed E-state index contributed by atoms with van der Waals surface area (Å²) >= 11 is 6.01. The van der Waals surface area contributed by atoms with Crippen LogP contribution in [0.5, 0.6) is 0 Å². The zero-order valence-corrected chi connectivity index (χ0v) is 16.0. The molecule has 3 heterocycles. The summed E-state index contributed by atoms with van der Waals surface area (Å²) in [6.45, 7) is 0.170. The minimum absolute atomic E-state index is 0.0828. The molecular formula is C21H16ClFN4O2. The molecule has 1 N–H and O–H groups in total. The van der Waals surface area contributed by atoms with E-state index in [2.05, 4.69) is 10.1 Å². The number of rotatable bonds is 2. The van der Waals surface area contributed by atoms with Gasteiger partial charge in [0.25, 0.3) is 5.91 Å². The van der Waals surface area contributed by atoms with Crippen molar-refractivity contribution in [2.75, 3.05) is 6.54 Å². The topological polar surface area (TPSA) is 68.8 Å². The van der Waals surface area contributed by atoms with E-state index in [1.807, 2.05) is 24.3 Å². The third-order valence-electron chi connectivity index (χ3n) is 5.47. The quantitative estimate of drug-likeness (QED) is 0.659. The standard InChI is InChI=1S/C21H16ClFN4O2/c22-15-5-3-6-16(23)14(15)9-24-27-11-20(28)26-10-18-13(8-19(26)21(27)29)12-4-1-2-7-17(12)25-18/h1-7,9,19,25H,8,10-11H2/t19-/m0/s1. The summed E-state index contributed by atoms with van der Waals surface area (Å²) in [5, 5.41) is 6.43. The van der Waals surface area contributed by atoms with Crippen molar-refractivity contribution in [1.82, 2.24) is 14.9 Å². The Hall–Kier alpha value is -3.19. The molecule has 2 aromatic carbocycles. The molecule has 8 heteroatoms. The van der Waals surface area contributed by atoms with Gasteiger partial charge in [-0.1, -0.05) is 35.9 Å². The molecule has 6 nitrogen and oxygen atoms in total. The molecule has 29 heavy (non-hydrogen) atoms. The number of hydrogen-bond acceptors (Lipinski definition) is 3. The second-order valence-electron chi connectivity index (χ2n) is 7.15. The summed E-state index contributed by atoms with van der Waals surface area (Å²) in [7, 11) is 0. The van der Waals surface area contributed by atoms with Crippen molar-refractivity contribution in [3.63, 3.8) is 0 Å². The van der Waals surface area contributed by atoms with Gasteiger partial charge in [0.05, 0.1) is 17.8 Å². The van der Waals surface area contributed by atoms with Gasteiger partial charge in [-0.2, -0.15) is 5.10 Å². The van der Waals surface area contributed by atoms with Crippen LogP contribution in [0, 0.1) is 5.82 Å². The molecule has 0 spiro atoms. The van der Waals surface area contributed by atoms with Gasteiger partial charge < -0.3 is 9.88 Å². The van der Waals surface area contributed by atoms with Crippen LogP contribution in [-0.2, 0) is 22.6 Å². The highest BCUT2D eigenvalue weighted by atomic mass is 35.5. The summed E-state index contributed by atoms with van der Waals surface area (Å²) in [6, 6.07) is 11.5. The molecule has 0 radical (unpaired) electrons. The highest BCUT2D eigenvalue weighted by Gasteiger charge is 2.43. The summed E-state index contributed by atoms with van der Waals surface area (Å²) in [5.74, 6) is -1.03. The maximum atomic E-state index is 14.0. The number of piperazine rings is 1. The largest absolute Gasteiger partial charge is 0.357 e. The van der Waals surface area contributed by atoms with Crippen molar-refractivity contribution in [2.24, 2.45) is 5.10 Å². The Morgan fingerprint density at radius 2 is 1.97 bits per heavy atom. The highest BCUT2D eigenvalue weighted by molar-refractivity contribution is 6.33. The van der Waals surface area contributed by atoms with Gasteiger partial charge in [0, 0.05) is 28.6 Å². The van der Waals surface area contributed by atoms with Gasteiger partial charge in [-0.15, -0.1) is 0 Å². The number of nitrogens with zero attached hydrogens (tertiary/aromatic N) is 3. The second kappa shape index (κ2) is 6.70. The van der Waals surface area contributed by atoms with E-state index in [-0.39, 0.29) is 28.9 Å². The van der Waals surface area contributed by atoms with E-state index in [4.69, 9.17) is 11.6 Å².